The fraction of sp³-hybridized carbons (Fsp3) is 0.458. The summed E-state index contributed by atoms with van der Waals surface area (Å²) in [5, 5.41) is 8.53. The Balaban J connectivity index is 1.38. The van der Waals surface area contributed by atoms with Crippen LogP contribution in [0, 0.1) is 19.7 Å². The first kappa shape index (κ1) is 22.1. The van der Waals surface area contributed by atoms with E-state index in [2.05, 4.69) is 15.4 Å². The molecule has 0 radical (unpaired) electrons. The van der Waals surface area contributed by atoms with Crippen LogP contribution in [0.15, 0.2) is 18.2 Å². The van der Waals surface area contributed by atoms with E-state index in [0.717, 1.165) is 54.0 Å². The van der Waals surface area contributed by atoms with Gasteiger partial charge in [-0.25, -0.2) is 13.9 Å². The number of hydrogen-bond acceptors (Lipinski definition) is 5. The highest BCUT2D eigenvalue weighted by Crippen LogP contribution is 2.33. The average Bonchev–Trinajstić information content (AvgIpc) is 3.37. The minimum absolute atomic E-state index is 0.0252. The number of halogens is 2. The van der Waals surface area contributed by atoms with Crippen LogP contribution < -0.4 is 10.1 Å². The molecule has 5 rings (SSSR count). The van der Waals surface area contributed by atoms with Gasteiger partial charge in [-0.05, 0) is 58.7 Å². The van der Waals surface area contributed by atoms with Crippen molar-refractivity contribution in [1.82, 2.24) is 24.8 Å². The molecule has 7 nitrogen and oxygen atoms in total. The Hall–Kier alpha value is -2.71. The Kier molecular flexibility index (Phi) is 5.74. The Morgan fingerprint density at radius 3 is 2.70 bits per heavy atom. The van der Waals surface area contributed by atoms with Crippen molar-refractivity contribution in [1.29, 1.82) is 0 Å². The average molecular weight is 472 g/mol. The van der Waals surface area contributed by atoms with Crippen LogP contribution in [0.25, 0.3) is 5.65 Å². The lowest BCUT2D eigenvalue weighted by atomic mass is 9.93. The first-order chi connectivity index (χ1) is 15.9. The minimum Gasteiger partial charge on any atom is -0.489 e. The molecule has 0 bridgehead atoms. The molecule has 1 aliphatic carbocycles. The summed E-state index contributed by atoms with van der Waals surface area (Å²) in [6.07, 6.45) is 3.71. The van der Waals surface area contributed by atoms with Gasteiger partial charge in [-0.3, -0.25) is 4.79 Å². The molecule has 174 valence electrons. The van der Waals surface area contributed by atoms with Gasteiger partial charge in [0.25, 0.3) is 5.91 Å². The van der Waals surface area contributed by atoms with Gasteiger partial charge in [0.1, 0.15) is 11.6 Å². The second kappa shape index (κ2) is 8.57. The predicted molar refractivity (Wildman–Crippen MR) is 123 cm³/mol. The molecule has 1 N–H and O–H groups in total. The summed E-state index contributed by atoms with van der Waals surface area (Å²) in [7, 11) is 1.96. The second-order valence-electron chi connectivity index (χ2n) is 8.94. The number of carbonyl (C=O) groups is 1. The monoisotopic (exact) mass is 471 g/mol. The number of hydrogen-bond donors (Lipinski definition) is 1. The fourth-order valence-electron chi connectivity index (χ4n) is 4.85. The molecule has 1 amide bonds. The van der Waals surface area contributed by atoms with Gasteiger partial charge in [-0.15, -0.1) is 0 Å². The highest BCUT2D eigenvalue weighted by atomic mass is 35.5. The van der Waals surface area contributed by atoms with Gasteiger partial charge in [-0.1, -0.05) is 11.6 Å². The summed E-state index contributed by atoms with van der Waals surface area (Å²) in [4.78, 5) is 19.8. The first-order valence-electron chi connectivity index (χ1n) is 11.3. The molecule has 1 aromatic carbocycles. The molecule has 0 unspecified atom stereocenters. The lowest BCUT2D eigenvalue weighted by Crippen LogP contribution is -2.34. The third-order valence-corrected chi connectivity index (χ3v) is 7.34. The molecule has 2 aliphatic rings. The van der Waals surface area contributed by atoms with Crippen molar-refractivity contribution < 1.29 is 13.9 Å². The molecule has 3 heterocycles. The predicted octanol–water partition coefficient (Wildman–Crippen LogP) is 4.20. The van der Waals surface area contributed by atoms with E-state index < -0.39 is 5.82 Å². The van der Waals surface area contributed by atoms with Crippen molar-refractivity contribution in [3.05, 3.63) is 57.2 Å². The van der Waals surface area contributed by atoms with Gasteiger partial charge < -0.3 is 15.0 Å². The number of nitrogens with zero attached hydrogens (tertiary/aromatic N) is 4. The molecule has 0 saturated heterocycles. The van der Waals surface area contributed by atoms with Crippen LogP contribution in [0.2, 0.25) is 5.02 Å². The van der Waals surface area contributed by atoms with E-state index in [1.54, 1.807) is 9.42 Å². The molecule has 9 heteroatoms. The number of carbonyl (C=O) groups excluding carboxylic acids is 1. The van der Waals surface area contributed by atoms with Gasteiger partial charge in [0, 0.05) is 17.7 Å². The van der Waals surface area contributed by atoms with Crippen LogP contribution in [0.4, 0.5) is 4.39 Å². The maximum atomic E-state index is 14.1. The summed E-state index contributed by atoms with van der Waals surface area (Å²) in [6.45, 7) is 4.51. The fourth-order valence-corrected chi connectivity index (χ4v) is 4.97. The number of amides is 1. The smallest absolute Gasteiger partial charge is 0.258 e. The molecule has 1 saturated carbocycles. The van der Waals surface area contributed by atoms with Crippen LogP contribution in [-0.2, 0) is 13.1 Å². The van der Waals surface area contributed by atoms with Gasteiger partial charge in [0.15, 0.2) is 5.65 Å². The zero-order valence-electron chi connectivity index (χ0n) is 19.0. The summed E-state index contributed by atoms with van der Waals surface area (Å²) in [5.74, 6) is -0.310. The van der Waals surface area contributed by atoms with E-state index in [1.165, 1.54) is 18.2 Å². The second-order valence-corrected chi connectivity index (χ2v) is 9.32. The molecule has 33 heavy (non-hydrogen) atoms. The number of fused-ring (bicyclic) bond motifs is 3. The van der Waals surface area contributed by atoms with Crippen LogP contribution in [0.5, 0.6) is 5.75 Å². The summed E-state index contributed by atoms with van der Waals surface area (Å²) < 4.78 is 22.0. The van der Waals surface area contributed by atoms with E-state index in [4.69, 9.17) is 16.3 Å². The first-order valence-corrected chi connectivity index (χ1v) is 11.7. The number of aryl methyl sites for hydroxylation is 2. The standard InChI is InChI=1S/C24H27ClFN5O2/c1-13-22(25)14(2)31-23(28-13)19-11-30(12-20(19)29-31)24(32)18-9-4-15(26)10-21(18)33-17-7-5-16(27-3)6-8-17/h4,9-10,16-17,27H,5-8,11-12H2,1-3H3. The van der Waals surface area contributed by atoms with E-state index in [9.17, 15) is 9.18 Å². The highest BCUT2D eigenvalue weighted by Gasteiger charge is 2.32. The van der Waals surface area contributed by atoms with E-state index >= 15 is 0 Å². The summed E-state index contributed by atoms with van der Waals surface area (Å²) in [6, 6.07) is 4.63. The maximum Gasteiger partial charge on any atom is 0.258 e. The normalized spacial score (nSPS) is 20.3. The number of rotatable bonds is 4. The third-order valence-electron chi connectivity index (χ3n) is 6.79. The van der Waals surface area contributed by atoms with Crippen molar-refractivity contribution in [3.8, 4) is 5.75 Å². The van der Waals surface area contributed by atoms with Gasteiger partial charge in [0.05, 0.1) is 46.9 Å². The molecule has 1 fully saturated rings. The number of ether oxygens (including phenoxy) is 1. The van der Waals surface area contributed by atoms with Crippen LogP contribution in [0.1, 0.15) is 58.7 Å². The summed E-state index contributed by atoms with van der Waals surface area (Å²) in [5.41, 5.74) is 4.37. The lowest BCUT2D eigenvalue weighted by molar-refractivity contribution is 0.0737. The molecule has 0 atom stereocenters. The Labute approximate surface area is 196 Å². The van der Waals surface area contributed by atoms with E-state index in [0.29, 0.717) is 35.5 Å². The zero-order valence-corrected chi connectivity index (χ0v) is 19.7. The topological polar surface area (TPSA) is 71.8 Å². The molecule has 0 spiro atoms. The molecule has 3 aromatic rings. The zero-order chi connectivity index (χ0) is 23.3. The van der Waals surface area contributed by atoms with Crippen molar-refractivity contribution in [2.45, 2.75) is 64.8 Å². The molecule has 1 aliphatic heterocycles. The van der Waals surface area contributed by atoms with Gasteiger partial charge in [0.2, 0.25) is 0 Å². The maximum absolute atomic E-state index is 14.1. The van der Waals surface area contributed by atoms with Crippen molar-refractivity contribution in [2.24, 2.45) is 0 Å². The Morgan fingerprint density at radius 1 is 1.21 bits per heavy atom. The summed E-state index contributed by atoms with van der Waals surface area (Å²) >= 11 is 6.33. The molecule has 2 aromatic heterocycles. The quantitative estimate of drug-likeness (QED) is 0.617. The number of aromatic nitrogens is 3. The van der Waals surface area contributed by atoms with Crippen LogP contribution >= 0.6 is 11.6 Å². The highest BCUT2D eigenvalue weighted by molar-refractivity contribution is 6.31. The third kappa shape index (κ3) is 3.95. The van der Waals surface area contributed by atoms with Crippen LogP contribution in [-0.4, -0.2) is 44.6 Å². The van der Waals surface area contributed by atoms with Crippen molar-refractivity contribution in [2.75, 3.05) is 7.05 Å². The number of benzene rings is 1. The number of nitrogens with one attached hydrogen (secondary N) is 1. The van der Waals surface area contributed by atoms with Crippen LogP contribution in [0.3, 0.4) is 0 Å². The molecular formula is C24H27ClFN5O2. The minimum atomic E-state index is -0.417. The van der Waals surface area contributed by atoms with Gasteiger partial charge in [-0.2, -0.15) is 5.10 Å². The van der Waals surface area contributed by atoms with Crippen molar-refractivity contribution in [3.63, 3.8) is 0 Å². The Morgan fingerprint density at radius 2 is 1.97 bits per heavy atom. The van der Waals surface area contributed by atoms with E-state index in [1.807, 2.05) is 20.9 Å². The largest absolute Gasteiger partial charge is 0.489 e. The van der Waals surface area contributed by atoms with E-state index in [-0.39, 0.29) is 12.0 Å². The molecular weight excluding hydrogens is 445 g/mol. The lowest BCUT2D eigenvalue weighted by Gasteiger charge is -2.29. The van der Waals surface area contributed by atoms with Crippen molar-refractivity contribution >= 4 is 23.2 Å². The Bertz CT molecular complexity index is 1240. The SMILES string of the molecule is CNC1CCC(Oc2cc(F)ccc2C(=O)N2Cc3nn4c(C)c(Cl)c(C)nc4c3C2)CC1. The van der Waals surface area contributed by atoms with Gasteiger partial charge >= 0.3 is 0 Å².